The summed E-state index contributed by atoms with van der Waals surface area (Å²) in [6.45, 7) is 0.511. The second-order valence-corrected chi connectivity index (χ2v) is 10.6. The molecular weight excluding hydrogens is 536 g/mol. The van der Waals surface area contributed by atoms with Crippen molar-refractivity contribution in [2.75, 3.05) is 26.5 Å². The number of ether oxygens (including phenoxy) is 2. The van der Waals surface area contributed by atoms with Gasteiger partial charge in [0.25, 0.3) is 0 Å². The van der Waals surface area contributed by atoms with E-state index in [1.54, 1.807) is 18.7 Å². The third-order valence-corrected chi connectivity index (χ3v) is 7.93. The highest BCUT2D eigenvalue weighted by atomic mass is 32.2. The molecule has 0 radical (unpaired) electrons. The normalized spacial score (nSPS) is 11.4. The Morgan fingerprint density at radius 3 is 2.59 bits per heavy atom. The molecule has 3 heterocycles. The number of rotatable bonds is 11. The van der Waals surface area contributed by atoms with Crippen LogP contribution in [-0.2, 0) is 24.1 Å². The number of hydrogen-bond donors (Lipinski definition) is 2. The fourth-order valence-electron chi connectivity index (χ4n) is 4.92. The average Bonchev–Trinajstić information content (AvgIpc) is 3.63. The van der Waals surface area contributed by atoms with Crippen LogP contribution < -0.4 is 14.8 Å². The number of aryl methyl sites for hydroxylation is 2. The molecule has 10 heteroatoms. The summed E-state index contributed by atoms with van der Waals surface area (Å²) in [5.41, 5.74) is 4.99. The van der Waals surface area contributed by atoms with Crippen LogP contribution in [0.2, 0.25) is 0 Å². The molecule has 0 aliphatic carbocycles. The SMILES string of the molecule is COc1ccc(CCNC(=O)CSc2nc3ccccc3c3nc(CCc4c[nH]c5ccccc45)nn23)cc1OC. The molecule has 0 fully saturated rings. The van der Waals surface area contributed by atoms with Crippen LogP contribution in [0, 0.1) is 0 Å². The molecule has 1 amide bonds. The summed E-state index contributed by atoms with van der Waals surface area (Å²) in [4.78, 5) is 25.8. The number of aromatic nitrogens is 5. The minimum Gasteiger partial charge on any atom is -0.493 e. The van der Waals surface area contributed by atoms with Crippen molar-refractivity contribution < 1.29 is 14.3 Å². The summed E-state index contributed by atoms with van der Waals surface area (Å²) >= 11 is 1.36. The van der Waals surface area contributed by atoms with Gasteiger partial charge in [-0.2, -0.15) is 4.52 Å². The molecule has 2 N–H and O–H groups in total. The molecule has 3 aromatic carbocycles. The van der Waals surface area contributed by atoms with Gasteiger partial charge in [-0.1, -0.05) is 48.2 Å². The van der Waals surface area contributed by atoms with Crippen LogP contribution in [0.3, 0.4) is 0 Å². The van der Waals surface area contributed by atoms with Gasteiger partial charge in [0.15, 0.2) is 28.1 Å². The van der Waals surface area contributed by atoms with Gasteiger partial charge in [-0.05, 0) is 54.3 Å². The smallest absolute Gasteiger partial charge is 0.230 e. The molecule has 6 rings (SSSR count). The molecule has 0 spiro atoms. The van der Waals surface area contributed by atoms with Crippen LogP contribution in [-0.4, -0.2) is 57.0 Å². The summed E-state index contributed by atoms with van der Waals surface area (Å²) < 4.78 is 12.4. The van der Waals surface area contributed by atoms with E-state index < -0.39 is 0 Å². The fourth-order valence-corrected chi connectivity index (χ4v) is 5.70. The van der Waals surface area contributed by atoms with Gasteiger partial charge in [-0.3, -0.25) is 4.79 Å². The number of amides is 1. The first-order chi connectivity index (χ1) is 20.1. The summed E-state index contributed by atoms with van der Waals surface area (Å²) in [7, 11) is 3.22. The number of para-hydroxylation sites is 2. The number of carbonyl (C=O) groups excluding carboxylic acids is 1. The Morgan fingerprint density at radius 2 is 1.73 bits per heavy atom. The van der Waals surface area contributed by atoms with E-state index in [1.165, 1.54) is 22.7 Å². The van der Waals surface area contributed by atoms with Crippen LogP contribution >= 0.6 is 11.8 Å². The topological polar surface area (TPSA) is 106 Å². The fraction of sp³-hybridized carbons (Fsp3) is 0.226. The largest absolute Gasteiger partial charge is 0.493 e. The van der Waals surface area contributed by atoms with Crippen LogP contribution in [0.15, 0.2) is 78.1 Å². The third kappa shape index (κ3) is 5.69. The number of benzene rings is 3. The first-order valence-corrected chi connectivity index (χ1v) is 14.4. The zero-order chi connectivity index (χ0) is 28.2. The van der Waals surface area contributed by atoms with E-state index >= 15 is 0 Å². The number of H-pyrrole nitrogens is 1. The second kappa shape index (κ2) is 11.9. The first kappa shape index (κ1) is 26.6. The molecule has 0 atom stereocenters. The molecule has 3 aromatic heterocycles. The lowest BCUT2D eigenvalue weighted by Crippen LogP contribution is -2.27. The summed E-state index contributed by atoms with van der Waals surface area (Å²) in [6, 6.07) is 22.0. The van der Waals surface area contributed by atoms with Crippen molar-refractivity contribution in [1.82, 2.24) is 29.9 Å². The van der Waals surface area contributed by atoms with Crippen molar-refractivity contribution in [3.05, 3.63) is 89.9 Å². The monoisotopic (exact) mass is 566 g/mol. The number of nitrogens with zero attached hydrogens (tertiary/aromatic N) is 4. The molecule has 0 unspecified atom stereocenters. The standard InChI is InChI=1S/C31H30N6O3S/c1-39-26-13-11-20(17-27(26)40-2)15-16-32-29(38)19-41-31-34-25-10-6-4-8-23(25)30-35-28(36-37(30)31)14-12-21-18-33-24-9-5-3-7-22(21)24/h3-11,13,17-18,33H,12,14-16,19H2,1-2H3,(H,32,38). The lowest BCUT2D eigenvalue weighted by molar-refractivity contribution is -0.118. The maximum absolute atomic E-state index is 12.7. The number of carbonyl (C=O) groups is 1. The Morgan fingerprint density at radius 1 is 0.927 bits per heavy atom. The molecule has 0 bridgehead atoms. The number of fused-ring (bicyclic) bond motifs is 4. The van der Waals surface area contributed by atoms with Crippen molar-refractivity contribution in [3.8, 4) is 11.5 Å². The summed E-state index contributed by atoms with van der Waals surface area (Å²) in [5.74, 6) is 2.25. The molecule has 0 aliphatic heterocycles. The molecule has 208 valence electrons. The Balaban J connectivity index is 1.14. The van der Waals surface area contributed by atoms with Gasteiger partial charge in [0.05, 0.1) is 25.5 Å². The zero-order valence-electron chi connectivity index (χ0n) is 22.9. The maximum Gasteiger partial charge on any atom is 0.230 e. The van der Waals surface area contributed by atoms with Crippen LogP contribution in [0.5, 0.6) is 11.5 Å². The van der Waals surface area contributed by atoms with Crippen LogP contribution in [0.4, 0.5) is 0 Å². The molecule has 0 aliphatic rings. The van der Waals surface area contributed by atoms with Crippen molar-refractivity contribution >= 4 is 45.1 Å². The number of nitrogens with one attached hydrogen (secondary N) is 2. The Kier molecular flexibility index (Phi) is 7.73. The van der Waals surface area contributed by atoms with E-state index in [0.29, 0.717) is 36.0 Å². The van der Waals surface area contributed by atoms with E-state index in [-0.39, 0.29) is 11.7 Å². The number of thioether (sulfide) groups is 1. The van der Waals surface area contributed by atoms with Crippen molar-refractivity contribution in [3.63, 3.8) is 0 Å². The minimum absolute atomic E-state index is 0.0711. The minimum atomic E-state index is -0.0711. The predicted octanol–water partition coefficient (Wildman–Crippen LogP) is 5.01. The van der Waals surface area contributed by atoms with E-state index in [2.05, 4.69) is 34.7 Å². The maximum atomic E-state index is 12.7. The molecular formula is C31H30N6O3S. The van der Waals surface area contributed by atoms with Gasteiger partial charge in [-0.25, -0.2) is 9.97 Å². The van der Waals surface area contributed by atoms with Gasteiger partial charge in [0, 0.05) is 35.5 Å². The van der Waals surface area contributed by atoms with Gasteiger partial charge < -0.3 is 19.8 Å². The van der Waals surface area contributed by atoms with Gasteiger partial charge >= 0.3 is 0 Å². The van der Waals surface area contributed by atoms with Gasteiger partial charge in [0.1, 0.15) is 0 Å². The van der Waals surface area contributed by atoms with Gasteiger partial charge in [0.2, 0.25) is 5.91 Å². The third-order valence-electron chi connectivity index (χ3n) is 7.00. The first-order valence-electron chi connectivity index (χ1n) is 13.4. The number of hydrogen-bond acceptors (Lipinski definition) is 7. The van der Waals surface area contributed by atoms with Crippen molar-refractivity contribution in [1.29, 1.82) is 0 Å². The average molecular weight is 567 g/mol. The number of aromatic amines is 1. The van der Waals surface area contributed by atoms with Crippen molar-refractivity contribution in [2.24, 2.45) is 0 Å². The van der Waals surface area contributed by atoms with E-state index in [1.807, 2.05) is 48.5 Å². The number of methoxy groups -OCH3 is 2. The Bertz CT molecular complexity index is 1850. The highest BCUT2D eigenvalue weighted by Crippen LogP contribution is 2.28. The summed E-state index contributed by atoms with van der Waals surface area (Å²) in [6.07, 6.45) is 4.25. The molecule has 0 saturated carbocycles. The lowest BCUT2D eigenvalue weighted by Gasteiger charge is -2.10. The van der Waals surface area contributed by atoms with E-state index in [0.717, 1.165) is 39.9 Å². The second-order valence-electron chi connectivity index (χ2n) is 9.61. The Hall–Kier alpha value is -4.57. The molecule has 0 saturated heterocycles. The lowest BCUT2D eigenvalue weighted by atomic mass is 10.1. The van der Waals surface area contributed by atoms with Gasteiger partial charge in [-0.15, -0.1) is 5.10 Å². The molecule has 6 aromatic rings. The highest BCUT2D eigenvalue weighted by Gasteiger charge is 2.16. The van der Waals surface area contributed by atoms with E-state index in [9.17, 15) is 4.79 Å². The molecule has 41 heavy (non-hydrogen) atoms. The summed E-state index contributed by atoms with van der Waals surface area (Å²) in [5, 5.41) is 10.6. The van der Waals surface area contributed by atoms with Crippen LogP contribution in [0.25, 0.3) is 27.5 Å². The zero-order valence-corrected chi connectivity index (χ0v) is 23.7. The quantitative estimate of drug-likeness (QED) is 0.168. The van der Waals surface area contributed by atoms with E-state index in [4.69, 9.17) is 24.5 Å². The predicted molar refractivity (Wildman–Crippen MR) is 161 cm³/mol. The van der Waals surface area contributed by atoms with Crippen molar-refractivity contribution in [2.45, 2.75) is 24.4 Å². The Labute approximate surface area is 241 Å². The van der Waals surface area contributed by atoms with Crippen LogP contribution in [0.1, 0.15) is 17.0 Å². The highest BCUT2D eigenvalue weighted by molar-refractivity contribution is 7.99. The molecule has 9 nitrogen and oxygen atoms in total.